The fraction of sp³-hybridized carbons (Fsp3) is 0.667. The quantitative estimate of drug-likeness (QED) is 0.808. The van der Waals surface area contributed by atoms with Crippen molar-refractivity contribution in [2.75, 3.05) is 32.2 Å². The Balaban J connectivity index is 1.92. The number of aromatic nitrogens is 2. The molecular weight excluding hydrogens is 234 g/mol. The van der Waals surface area contributed by atoms with Gasteiger partial charge in [0.25, 0.3) is 0 Å². The van der Waals surface area contributed by atoms with Crippen LogP contribution in [0.4, 0.5) is 5.95 Å². The maximum atomic E-state index is 9.16. The van der Waals surface area contributed by atoms with Crippen LogP contribution < -0.4 is 4.90 Å². The third kappa shape index (κ3) is 2.88. The van der Waals surface area contributed by atoms with Crippen LogP contribution in [0.5, 0.6) is 5.75 Å². The molecule has 100 valence electrons. The lowest BCUT2D eigenvalue weighted by molar-refractivity contribution is -0.141. The highest BCUT2D eigenvalue weighted by Crippen LogP contribution is 2.25. The van der Waals surface area contributed by atoms with E-state index in [0.717, 1.165) is 25.9 Å². The lowest BCUT2D eigenvalue weighted by atomic mass is 9.96. The molecule has 0 amide bonds. The van der Waals surface area contributed by atoms with Gasteiger partial charge in [-0.25, -0.2) is 9.97 Å². The van der Waals surface area contributed by atoms with E-state index in [4.69, 9.17) is 14.6 Å². The van der Waals surface area contributed by atoms with Crippen molar-refractivity contribution in [1.82, 2.24) is 9.97 Å². The molecule has 1 aromatic rings. The molecule has 0 spiro atoms. The van der Waals surface area contributed by atoms with Crippen LogP contribution >= 0.6 is 0 Å². The van der Waals surface area contributed by atoms with Crippen LogP contribution in [0.1, 0.15) is 12.8 Å². The van der Waals surface area contributed by atoms with Crippen molar-refractivity contribution in [2.45, 2.75) is 19.1 Å². The van der Waals surface area contributed by atoms with Crippen molar-refractivity contribution < 1.29 is 14.6 Å². The molecule has 1 aliphatic rings. The first kappa shape index (κ1) is 13.0. The molecule has 2 heterocycles. The van der Waals surface area contributed by atoms with Gasteiger partial charge in [0.2, 0.25) is 5.95 Å². The molecule has 6 heteroatoms. The molecule has 1 aromatic heterocycles. The van der Waals surface area contributed by atoms with Crippen molar-refractivity contribution >= 4 is 5.95 Å². The molecule has 1 N–H and O–H groups in total. The summed E-state index contributed by atoms with van der Waals surface area (Å²) in [5, 5.41) is 9.16. The normalized spacial score (nSPS) is 17.4. The van der Waals surface area contributed by atoms with E-state index in [-0.39, 0.29) is 12.0 Å². The molecule has 18 heavy (non-hydrogen) atoms. The van der Waals surface area contributed by atoms with Gasteiger partial charge < -0.3 is 19.5 Å². The van der Waals surface area contributed by atoms with Crippen LogP contribution in [0.3, 0.4) is 0 Å². The first-order chi connectivity index (χ1) is 8.74. The Morgan fingerprint density at radius 3 is 2.28 bits per heavy atom. The molecule has 1 aliphatic heterocycles. The molecule has 0 bridgehead atoms. The Morgan fingerprint density at radius 2 is 1.78 bits per heavy atom. The number of ether oxygens (including phenoxy) is 2. The maximum absolute atomic E-state index is 9.16. The molecule has 6 nitrogen and oxygen atoms in total. The summed E-state index contributed by atoms with van der Waals surface area (Å²) < 4.78 is 10.6. The first-order valence-corrected chi connectivity index (χ1v) is 6.06. The number of hydrogen-bond donors (Lipinski definition) is 1. The van der Waals surface area contributed by atoms with Crippen LogP contribution in [0.2, 0.25) is 0 Å². The number of rotatable bonds is 4. The van der Waals surface area contributed by atoms with E-state index in [1.54, 1.807) is 14.2 Å². The standard InChI is InChI=1S/C12H19N3O3/c1-17-11(18-2)9-3-5-15(6-4-9)12-13-7-10(16)8-14-12/h7-9,11,16H,3-6H2,1-2H3. The SMILES string of the molecule is COC(OC)C1CCN(c2ncc(O)cn2)CC1. The summed E-state index contributed by atoms with van der Waals surface area (Å²) >= 11 is 0. The third-order valence-corrected chi connectivity index (χ3v) is 3.30. The Bertz CT molecular complexity index is 359. The summed E-state index contributed by atoms with van der Waals surface area (Å²) in [6.45, 7) is 1.75. The Labute approximate surface area is 107 Å². The van der Waals surface area contributed by atoms with Gasteiger partial charge in [-0.2, -0.15) is 0 Å². The van der Waals surface area contributed by atoms with E-state index < -0.39 is 0 Å². The van der Waals surface area contributed by atoms with E-state index in [1.165, 1.54) is 12.4 Å². The van der Waals surface area contributed by atoms with Gasteiger partial charge in [0, 0.05) is 33.2 Å². The second-order valence-corrected chi connectivity index (χ2v) is 4.41. The summed E-state index contributed by atoms with van der Waals surface area (Å²) in [5.41, 5.74) is 0. The number of aromatic hydroxyl groups is 1. The van der Waals surface area contributed by atoms with Gasteiger partial charge in [-0.15, -0.1) is 0 Å². The summed E-state index contributed by atoms with van der Waals surface area (Å²) in [6.07, 6.45) is 4.67. The largest absolute Gasteiger partial charge is 0.505 e. The summed E-state index contributed by atoms with van der Waals surface area (Å²) in [4.78, 5) is 10.3. The van der Waals surface area contributed by atoms with Gasteiger partial charge in [-0.3, -0.25) is 0 Å². The Morgan fingerprint density at radius 1 is 1.22 bits per heavy atom. The summed E-state index contributed by atoms with van der Waals surface area (Å²) in [5.74, 6) is 1.17. The number of anilines is 1. The maximum Gasteiger partial charge on any atom is 0.225 e. The van der Waals surface area contributed by atoms with Gasteiger partial charge in [0.1, 0.15) is 0 Å². The molecule has 0 aliphatic carbocycles. The monoisotopic (exact) mass is 253 g/mol. The second-order valence-electron chi connectivity index (χ2n) is 4.41. The lowest BCUT2D eigenvalue weighted by Crippen LogP contribution is -2.39. The van der Waals surface area contributed by atoms with Gasteiger partial charge in [0.05, 0.1) is 12.4 Å². The van der Waals surface area contributed by atoms with E-state index in [9.17, 15) is 0 Å². The average Bonchev–Trinajstić information content (AvgIpc) is 2.42. The zero-order valence-electron chi connectivity index (χ0n) is 10.7. The highest BCUT2D eigenvalue weighted by molar-refractivity contribution is 5.31. The summed E-state index contributed by atoms with van der Waals surface area (Å²) in [6, 6.07) is 0. The number of piperidine rings is 1. The molecule has 0 radical (unpaired) electrons. The second kappa shape index (κ2) is 5.97. The molecule has 1 saturated heterocycles. The Kier molecular flexibility index (Phi) is 4.33. The van der Waals surface area contributed by atoms with Crippen molar-refractivity contribution in [3.05, 3.63) is 12.4 Å². The average molecular weight is 253 g/mol. The zero-order valence-corrected chi connectivity index (χ0v) is 10.7. The fourth-order valence-corrected chi connectivity index (χ4v) is 2.33. The number of hydrogen-bond acceptors (Lipinski definition) is 6. The smallest absolute Gasteiger partial charge is 0.225 e. The Hall–Kier alpha value is -1.40. The fourth-order valence-electron chi connectivity index (χ4n) is 2.33. The zero-order chi connectivity index (χ0) is 13.0. The van der Waals surface area contributed by atoms with Crippen molar-refractivity contribution in [2.24, 2.45) is 5.92 Å². The minimum Gasteiger partial charge on any atom is -0.505 e. The first-order valence-electron chi connectivity index (χ1n) is 6.06. The van der Waals surface area contributed by atoms with Crippen LogP contribution in [-0.2, 0) is 9.47 Å². The molecule has 2 rings (SSSR count). The van der Waals surface area contributed by atoms with E-state index in [1.807, 2.05) is 0 Å². The van der Waals surface area contributed by atoms with Gasteiger partial charge in [-0.1, -0.05) is 0 Å². The van der Waals surface area contributed by atoms with Crippen LogP contribution in [0.25, 0.3) is 0 Å². The molecular formula is C12H19N3O3. The highest BCUT2D eigenvalue weighted by Gasteiger charge is 2.27. The molecule has 0 aromatic carbocycles. The van der Waals surface area contributed by atoms with Crippen molar-refractivity contribution in [3.8, 4) is 5.75 Å². The molecule has 0 saturated carbocycles. The van der Waals surface area contributed by atoms with Crippen LogP contribution in [0.15, 0.2) is 12.4 Å². The number of nitrogens with zero attached hydrogens (tertiary/aromatic N) is 3. The van der Waals surface area contributed by atoms with E-state index in [0.29, 0.717) is 11.9 Å². The molecule has 0 unspecified atom stereocenters. The van der Waals surface area contributed by atoms with Crippen LogP contribution in [-0.4, -0.2) is 48.7 Å². The lowest BCUT2D eigenvalue weighted by Gasteiger charge is -2.34. The van der Waals surface area contributed by atoms with E-state index >= 15 is 0 Å². The topological polar surface area (TPSA) is 67.7 Å². The van der Waals surface area contributed by atoms with Gasteiger partial charge in [0.15, 0.2) is 12.0 Å². The van der Waals surface area contributed by atoms with Crippen molar-refractivity contribution in [3.63, 3.8) is 0 Å². The van der Waals surface area contributed by atoms with Crippen molar-refractivity contribution in [1.29, 1.82) is 0 Å². The predicted molar refractivity (Wildman–Crippen MR) is 66.4 cm³/mol. The summed E-state index contributed by atoms with van der Waals surface area (Å²) in [7, 11) is 3.34. The minimum absolute atomic E-state index is 0.0902. The predicted octanol–water partition coefficient (Wildman–Crippen LogP) is 1.02. The minimum atomic E-state index is -0.132. The highest BCUT2D eigenvalue weighted by atomic mass is 16.7. The van der Waals surface area contributed by atoms with Crippen LogP contribution in [0, 0.1) is 5.92 Å². The molecule has 1 fully saturated rings. The van der Waals surface area contributed by atoms with Gasteiger partial charge >= 0.3 is 0 Å². The van der Waals surface area contributed by atoms with E-state index in [2.05, 4.69) is 14.9 Å². The molecule has 0 atom stereocenters. The number of methoxy groups -OCH3 is 2. The third-order valence-electron chi connectivity index (χ3n) is 3.30. The van der Waals surface area contributed by atoms with Gasteiger partial charge in [-0.05, 0) is 12.8 Å².